The second-order valence-electron chi connectivity index (χ2n) is 9.04. The third-order valence-electron chi connectivity index (χ3n) is 6.72. The van der Waals surface area contributed by atoms with Gasteiger partial charge in [0.15, 0.2) is 6.61 Å². The first kappa shape index (κ1) is 23.8. The lowest BCUT2D eigenvalue weighted by Gasteiger charge is -2.11. The van der Waals surface area contributed by atoms with Crippen molar-refractivity contribution in [1.82, 2.24) is 9.55 Å². The quantitative estimate of drug-likeness (QED) is 0.250. The molecule has 2 heterocycles. The molecule has 0 spiro atoms. The third-order valence-corrected chi connectivity index (χ3v) is 6.72. The Balaban J connectivity index is 1.30. The van der Waals surface area contributed by atoms with Crippen LogP contribution in [-0.4, -0.2) is 34.5 Å². The molecule has 8 heteroatoms. The SMILES string of the molecule is Cc1cc(C(=O)COC(=O)c2ccc3[nH]c4c(c3c2)CCCC4)c(C)n1-c1ccc(OC(F)F)cc1. The molecule has 2 aromatic carbocycles. The molecular weight excluding hydrogens is 466 g/mol. The van der Waals surface area contributed by atoms with E-state index in [9.17, 15) is 18.4 Å². The Kier molecular flexibility index (Phi) is 6.35. The van der Waals surface area contributed by atoms with Crippen LogP contribution in [0.1, 0.15) is 56.2 Å². The number of rotatable bonds is 7. The van der Waals surface area contributed by atoms with Crippen LogP contribution in [0.2, 0.25) is 0 Å². The van der Waals surface area contributed by atoms with E-state index in [1.165, 1.54) is 23.4 Å². The number of aryl methyl sites for hydroxylation is 3. The van der Waals surface area contributed by atoms with Crippen LogP contribution in [0, 0.1) is 13.8 Å². The molecule has 2 aromatic heterocycles. The Morgan fingerprint density at radius 1 is 1.03 bits per heavy atom. The van der Waals surface area contributed by atoms with E-state index in [2.05, 4.69) is 9.72 Å². The summed E-state index contributed by atoms with van der Waals surface area (Å²) in [5.41, 5.74) is 6.51. The summed E-state index contributed by atoms with van der Waals surface area (Å²) in [7, 11) is 0. The summed E-state index contributed by atoms with van der Waals surface area (Å²) >= 11 is 0. The lowest BCUT2D eigenvalue weighted by atomic mass is 9.95. The number of ether oxygens (including phenoxy) is 2. The second kappa shape index (κ2) is 9.60. The van der Waals surface area contributed by atoms with Gasteiger partial charge in [0.2, 0.25) is 5.78 Å². The number of benzene rings is 2. The van der Waals surface area contributed by atoms with E-state index in [0.29, 0.717) is 22.5 Å². The Morgan fingerprint density at radius 2 is 1.78 bits per heavy atom. The minimum Gasteiger partial charge on any atom is -0.454 e. The molecule has 0 radical (unpaired) electrons. The number of H-pyrrole nitrogens is 1. The van der Waals surface area contributed by atoms with E-state index in [1.54, 1.807) is 31.2 Å². The topological polar surface area (TPSA) is 73.3 Å². The van der Waals surface area contributed by atoms with Crippen molar-refractivity contribution in [3.8, 4) is 11.4 Å². The summed E-state index contributed by atoms with van der Waals surface area (Å²) in [6.45, 7) is 0.349. The molecular formula is C28H26F2N2O4. The number of fused-ring (bicyclic) bond motifs is 3. The fourth-order valence-corrected chi connectivity index (χ4v) is 5.04. The number of halogens is 2. The molecule has 0 saturated heterocycles. The van der Waals surface area contributed by atoms with Crippen molar-refractivity contribution < 1.29 is 27.8 Å². The average Bonchev–Trinajstić information content (AvgIpc) is 3.38. The molecule has 36 heavy (non-hydrogen) atoms. The second-order valence-corrected chi connectivity index (χ2v) is 9.04. The maximum absolute atomic E-state index is 12.9. The van der Waals surface area contributed by atoms with Crippen LogP contribution in [0.15, 0.2) is 48.5 Å². The molecule has 5 rings (SSSR count). The Morgan fingerprint density at radius 3 is 2.53 bits per heavy atom. The van der Waals surface area contributed by atoms with Gasteiger partial charge in [-0.1, -0.05) is 0 Å². The Hall–Kier alpha value is -3.94. The minimum absolute atomic E-state index is 0.0535. The largest absolute Gasteiger partial charge is 0.454 e. The van der Waals surface area contributed by atoms with Crippen LogP contribution < -0.4 is 4.74 Å². The molecule has 1 N–H and O–H groups in total. The molecule has 0 saturated carbocycles. The first-order valence-electron chi connectivity index (χ1n) is 11.9. The van der Waals surface area contributed by atoms with Crippen molar-refractivity contribution in [2.75, 3.05) is 6.61 Å². The number of aromatic nitrogens is 2. The molecule has 1 aliphatic rings. The standard InChI is InChI=1S/C28H26F2N2O4/c1-16-13-22(17(2)32(16)19-8-10-20(11-9-19)36-28(29)30)26(33)15-35-27(34)18-7-12-25-23(14-18)21-5-3-4-6-24(21)31-25/h7-14,28,31H,3-6,15H2,1-2H3. The zero-order valence-electron chi connectivity index (χ0n) is 20.1. The predicted molar refractivity (Wildman–Crippen MR) is 131 cm³/mol. The number of carbonyl (C=O) groups is 2. The monoisotopic (exact) mass is 492 g/mol. The Bertz CT molecular complexity index is 1450. The van der Waals surface area contributed by atoms with Crippen molar-refractivity contribution >= 4 is 22.7 Å². The predicted octanol–water partition coefficient (Wildman–Crippen LogP) is 6.10. The molecule has 0 aliphatic heterocycles. The van der Waals surface area contributed by atoms with Crippen LogP contribution >= 0.6 is 0 Å². The van der Waals surface area contributed by atoms with Gasteiger partial charge >= 0.3 is 12.6 Å². The van der Waals surface area contributed by atoms with Crippen LogP contribution in [0.25, 0.3) is 16.6 Å². The van der Waals surface area contributed by atoms with E-state index in [4.69, 9.17) is 4.74 Å². The summed E-state index contributed by atoms with van der Waals surface area (Å²) in [5, 5.41) is 1.04. The van der Waals surface area contributed by atoms with Gasteiger partial charge < -0.3 is 19.0 Å². The van der Waals surface area contributed by atoms with Gasteiger partial charge in [0, 0.05) is 39.2 Å². The Labute approximate surface area is 206 Å². The van der Waals surface area contributed by atoms with Crippen molar-refractivity contribution in [2.45, 2.75) is 46.1 Å². The summed E-state index contributed by atoms with van der Waals surface area (Å²) < 4.78 is 36.5. The van der Waals surface area contributed by atoms with Crippen molar-refractivity contribution in [3.05, 3.63) is 82.3 Å². The van der Waals surface area contributed by atoms with E-state index in [-0.39, 0.29) is 18.1 Å². The lowest BCUT2D eigenvalue weighted by Crippen LogP contribution is -2.15. The molecule has 6 nitrogen and oxygen atoms in total. The zero-order valence-corrected chi connectivity index (χ0v) is 20.1. The highest BCUT2D eigenvalue weighted by atomic mass is 19.3. The van der Waals surface area contributed by atoms with Gasteiger partial charge in [0.1, 0.15) is 5.75 Å². The van der Waals surface area contributed by atoms with E-state index < -0.39 is 12.6 Å². The van der Waals surface area contributed by atoms with Gasteiger partial charge in [0.05, 0.1) is 5.56 Å². The van der Waals surface area contributed by atoms with Gasteiger partial charge in [-0.25, -0.2) is 4.79 Å². The fourth-order valence-electron chi connectivity index (χ4n) is 5.04. The number of esters is 1. The summed E-state index contributed by atoms with van der Waals surface area (Å²) in [6, 6.07) is 13.3. The van der Waals surface area contributed by atoms with Crippen molar-refractivity contribution in [3.63, 3.8) is 0 Å². The molecule has 0 bridgehead atoms. The van der Waals surface area contributed by atoms with Gasteiger partial charge in [-0.2, -0.15) is 8.78 Å². The number of alkyl halides is 2. The average molecular weight is 493 g/mol. The number of Topliss-reactive ketones (excluding diaryl/α,β-unsaturated/α-hetero) is 1. The number of carbonyl (C=O) groups excluding carboxylic acids is 2. The van der Waals surface area contributed by atoms with Crippen molar-refractivity contribution in [2.24, 2.45) is 0 Å². The molecule has 0 amide bonds. The molecule has 0 fully saturated rings. The fraction of sp³-hybridized carbons (Fsp3) is 0.286. The minimum atomic E-state index is -2.90. The molecule has 0 atom stereocenters. The van der Waals surface area contributed by atoms with Gasteiger partial charge in [-0.3, -0.25) is 4.79 Å². The van der Waals surface area contributed by atoms with Gasteiger partial charge in [0.25, 0.3) is 0 Å². The number of nitrogens with zero attached hydrogens (tertiary/aromatic N) is 1. The normalized spacial score (nSPS) is 13.1. The molecule has 0 unspecified atom stereocenters. The van der Waals surface area contributed by atoms with Crippen LogP contribution in [0.5, 0.6) is 5.75 Å². The molecule has 1 aliphatic carbocycles. The highest BCUT2D eigenvalue weighted by Gasteiger charge is 2.20. The summed E-state index contributed by atoms with van der Waals surface area (Å²) in [6.07, 6.45) is 4.30. The number of ketones is 1. The number of hydrogen-bond donors (Lipinski definition) is 1. The maximum atomic E-state index is 12.9. The van der Waals surface area contributed by atoms with Gasteiger partial charge in [-0.15, -0.1) is 0 Å². The van der Waals surface area contributed by atoms with E-state index in [1.807, 2.05) is 23.6 Å². The number of nitrogens with one attached hydrogen (secondary N) is 1. The van der Waals surface area contributed by atoms with Crippen molar-refractivity contribution in [1.29, 1.82) is 0 Å². The smallest absolute Gasteiger partial charge is 0.387 e. The van der Waals surface area contributed by atoms with E-state index >= 15 is 0 Å². The number of aromatic amines is 1. The molecule has 186 valence electrons. The first-order chi connectivity index (χ1) is 17.3. The van der Waals surface area contributed by atoms with Crippen LogP contribution in [0.4, 0.5) is 8.78 Å². The summed E-state index contributed by atoms with van der Waals surface area (Å²) in [5.74, 6) is -0.808. The van der Waals surface area contributed by atoms with Gasteiger partial charge in [-0.05, 0) is 93.6 Å². The van der Waals surface area contributed by atoms with Crippen LogP contribution in [-0.2, 0) is 17.6 Å². The molecule has 4 aromatic rings. The highest BCUT2D eigenvalue weighted by Crippen LogP contribution is 2.30. The maximum Gasteiger partial charge on any atom is 0.387 e. The third kappa shape index (κ3) is 4.51. The zero-order chi connectivity index (χ0) is 25.4. The highest BCUT2D eigenvalue weighted by molar-refractivity contribution is 6.01. The van der Waals surface area contributed by atoms with E-state index in [0.717, 1.165) is 42.3 Å². The first-order valence-corrected chi connectivity index (χ1v) is 11.9. The lowest BCUT2D eigenvalue weighted by molar-refractivity contribution is -0.0498. The van der Waals surface area contributed by atoms with Crippen LogP contribution in [0.3, 0.4) is 0 Å². The summed E-state index contributed by atoms with van der Waals surface area (Å²) in [4.78, 5) is 29.1. The number of hydrogen-bond acceptors (Lipinski definition) is 4.